The van der Waals surface area contributed by atoms with Crippen molar-refractivity contribution in [3.8, 4) is 11.8 Å². The number of alkyl halides is 3. The number of halogens is 3. The van der Waals surface area contributed by atoms with Crippen LogP contribution < -0.4 is 20.7 Å². The van der Waals surface area contributed by atoms with Crippen molar-refractivity contribution in [2.45, 2.75) is 19.3 Å². The van der Waals surface area contributed by atoms with E-state index in [4.69, 9.17) is 5.11 Å². The van der Waals surface area contributed by atoms with Crippen molar-refractivity contribution in [1.82, 2.24) is 30.0 Å². The Labute approximate surface area is 184 Å². The van der Waals surface area contributed by atoms with Gasteiger partial charge in [0.05, 0.1) is 18.4 Å². The Kier molecular flexibility index (Phi) is 7.32. The molecule has 0 bridgehead atoms. The first-order valence-corrected chi connectivity index (χ1v) is 9.40. The molecular formula is C18H19F3N8O4. The quantitative estimate of drug-likeness (QED) is 0.299. The number of amides is 1. The summed E-state index contributed by atoms with van der Waals surface area (Å²) in [6.45, 7) is -0.979. The fourth-order valence-corrected chi connectivity index (χ4v) is 2.45. The van der Waals surface area contributed by atoms with Crippen LogP contribution >= 0.6 is 0 Å². The van der Waals surface area contributed by atoms with Crippen LogP contribution in [0.25, 0.3) is 0 Å². The maximum Gasteiger partial charge on any atom is 0.422 e. The molecule has 176 valence electrons. The minimum absolute atomic E-state index is 0.0456. The largest absolute Gasteiger partial charge is 0.508 e. The van der Waals surface area contributed by atoms with Crippen LogP contribution in [0.4, 0.5) is 35.5 Å². The average Bonchev–Trinajstić information content (AvgIpc) is 3.18. The van der Waals surface area contributed by atoms with Gasteiger partial charge in [-0.15, -0.1) is 0 Å². The Morgan fingerprint density at radius 3 is 2.55 bits per heavy atom. The fourth-order valence-electron chi connectivity index (χ4n) is 2.45. The summed E-state index contributed by atoms with van der Waals surface area (Å²) < 4.78 is 43.7. The van der Waals surface area contributed by atoms with Gasteiger partial charge in [0, 0.05) is 19.3 Å². The molecule has 0 unspecified atom stereocenters. The number of nitrogens with one attached hydrogen (secondary N) is 3. The number of anilines is 3. The lowest BCUT2D eigenvalue weighted by atomic mass is 10.2. The van der Waals surface area contributed by atoms with Crippen molar-refractivity contribution in [2.75, 3.05) is 23.8 Å². The lowest BCUT2D eigenvalue weighted by Crippen LogP contribution is -2.25. The zero-order valence-electron chi connectivity index (χ0n) is 16.9. The first-order valence-electron chi connectivity index (χ1n) is 9.40. The van der Waals surface area contributed by atoms with E-state index in [-0.39, 0.29) is 37.3 Å². The molecule has 0 aliphatic heterocycles. The third-order valence-corrected chi connectivity index (χ3v) is 3.87. The average molecular weight is 468 g/mol. The second kappa shape index (κ2) is 10.3. The van der Waals surface area contributed by atoms with E-state index in [1.54, 1.807) is 12.1 Å². The summed E-state index contributed by atoms with van der Waals surface area (Å²) >= 11 is 0. The van der Waals surface area contributed by atoms with Crippen LogP contribution in [0, 0.1) is 0 Å². The van der Waals surface area contributed by atoms with Gasteiger partial charge in [0.15, 0.2) is 6.61 Å². The number of hydrogen-bond acceptors (Lipinski definition) is 9. The van der Waals surface area contributed by atoms with Gasteiger partial charge in [0.25, 0.3) is 0 Å². The molecule has 1 amide bonds. The number of aromatic nitrogens is 5. The van der Waals surface area contributed by atoms with E-state index in [9.17, 15) is 23.1 Å². The molecule has 2 heterocycles. The number of carbonyl (C=O) groups is 1. The molecule has 0 aliphatic carbocycles. The monoisotopic (exact) mass is 468 g/mol. The van der Waals surface area contributed by atoms with Gasteiger partial charge >= 0.3 is 18.3 Å². The summed E-state index contributed by atoms with van der Waals surface area (Å²) in [5, 5.41) is 29.8. The van der Waals surface area contributed by atoms with E-state index in [2.05, 4.69) is 40.7 Å². The minimum Gasteiger partial charge on any atom is -0.508 e. The molecule has 12 nitrogen and oxygen atoms in total. The fraction of sp³-hybridized carbons (Fsp3) is 0.278. The van der Waals surface area contributed by atoms with Crippen LogP contribution in [0.2, 0.25) is 0 Å². The van der Waals surface area contributed by atoms with Gasteiger partial charge in [-0.25, -0.2) is 4.79 Å². The van der Waals surface area contributed by atoms with Gasteiger partial charge in [-0.2, -0.15) is 33.2 Å². The van der Waals surface area contributed by atoms with Crippen LogP contribution in [0.15, 0.2) is 36.7 Å². The molecule has 0 radical (unpaired) electrons. The number of phenols is 1. The first kappa shape index (κ1) is 23.4. The molecule has 5 N–H and O–H groups in total. The molecule has 3 aromatic rings. The Hall–Kier alpha value is -4.30. The van der Waals surface area contributed by atoms with Crippen molar-refractivity contribution in [2.24, 2.45) is 0 Å². The maximum atomic E-state index is 12.5. The molecule has 33 heavy (non-hydrogen) atoms. The molecule has 0 atom stereocenters. The number of hydrogen-bond donors (Lipinski definition) is 5. The van der Waals surface area contributed by atoms with Crippen molar-refractivity contribution < 1.29 is 32.9 Å². The van der Waals surface area contributed by atoms with E-state index in [0.717, 1.165) is 5.56 Å². The summed E-state index contributed by atoms with van der Waals surface area (Å²) in [5.41, 5.74) is 1.17. The van der Waals surface area contributed by atoms with Crippen LogP contribution in [0.1, 0.15) is 5.56 Å². The van der Waals surface area contributed by atoms with Gasteiger partial charge in [-0.1, -0.05) is 12.1 Å². The van der Waals surface area contributed by atoms with E-state index in [1.165, 1.54) is 29.2 Å². The highest BCUT2D eigenvalue weighted by molar-refractivity contribution is 5.64. The number of rotatable bonds is 10. The first-order chi connectivity index (χ1) is 15.7. The highest BCUT2D eigenvalue weighted by Gasteiger charge is 2.29. The molecule has 1 aromatic carbocycles. The predicted molar refractivity (Wildman–Crippen MR) is 108 cm³/mol. The third kappa shape index (κ3) is 8.04. The third-order valence-electron chi connectivity index (χ3n) is 3.87. The molecule has 0 aliphatic rings. The Morgan fingerprint density at radius 1 is 1.12 bits per heavy atom. The number of benzene rings is 1. The second-order valence-corrected chi connectivity index (χ2v) is 6.54. The Bertz CT molecular complexity index is 1080. The zero-order chi connectivity index (χ0) is 23.8. The molecule has 0 fully saturated rings. The zero-order valence-corrected chi connectivity index (χ0v) is 16.9. The van der Waals surface area contributed by atoms with Gasteiger partial charge in [0.1, 0.15) is 5.75 Å². The minimum atomic E-state index is -4.58. The van der Waals surface area contributed by atoms with Gasteiger partial charge < -0.3 is 30.9 Å². The molecule has 0 spiro atoms. The molecular weight excluding hydrogens is 449 g/mol. The summed E-state index contributed by atoms with van der Waals surface area (Å²) in [6.07, 6.45) is -2.80. The molecule has 0 saturated heterocycles. The van der Waals surface area contributed by atoms with Crippen molar-refractivity contribution >= 4 is 23.7 Å². The smallest absolute Gasteiger partial charge is 0.422 e. The highest BCUT2D eigenvalue weighted by atomic mass is 19.4. The number of phenolic OH excluding ortho intramolecular Hbond substituents is 1. The molecule has 15 heteroatoms. The van der Waals surface area contributed by atoms with Crippen LogP contribution in [-0.4, -0.2) is 60.4 Å². The summed E-state index contributed by atoms with van der Waals surface area (Å²) in [7, 11) is 0. The van der Waals surface area contributed by atoms with Crippen molar-refractivity contribution in [3.05, 3.63) is 42.2 Å². The topological polar surface area (TPSA) is 159 Å². The van der Waals surface area contributed by atoms with Crippen LogP contribution in [-0.2, 0) is 13.1 Å². The Balaban J connectivity index is 1.72. The Morgan fingerprint density at radius 2 is 1.85 bits per heavy atom. The normalized spacial score (nSPS) is 11.1. The lowest BCUT2D eigenvalue weighted by molar-refractivity contribution is -0.154. The molecule has 3 rings (SSSR count). The van der Waals surface area contributed by atoms with E-state index in [0.29, 0.717) is 5.69 Å². The number of carboxylic acid groups (broad SMARTS) is 1. The van der Waals surface area contributed by atoms with E-state index < -0.39 is 24.9 Å². The van der Waals surface area contributed by atoms with E-state index >= 15 is 0 Å². The SMILES string of the molecule is O=C(O)NCCn1cc(Nc2nc(NCc3ccc(O)cc3)nc(OCC(F)(F)F)n2)cn1. The van der Waals surface area contributed by atoms with E-state index in [1.807, 2.05) is 0 Å². The molecule has 0 saturated carbocycles. The number of nitrogens with zero attached hydrogens (tertiary/aromatic N) is 5. The molecule has 2 aromatic heterocycles. The van der Waals surface area contributed by atoms with Crippen LogP contribution in [0.5, 0.6) is 11.8 Å². The standard InChI is InChI=1S/C18H19F3N8O4/c19-18(20,21)10-33-16-27-14(23-7-11-1-3-13(30)4-2-11)26-15(28-16)25-12-8-24-29(9-12)6-5-22-17(31)32/h1-4,8-9,22,30H,5-7,10H2,(H,31,32)(H2,23,25,26,27,28). The van der Waals surface area contributed by atoms with Crippen molar-refractivity contribution in [1.29, 1.82) is 0 Å². The summed E-state index contributed by atoms with van der Waals surface area (Å²) in [6, 6.07) is 5.73. The number of aromatic hydroxyl groups is 1. The maximum absolute atomic E-state index is 12.5. The predicted octanol–water partition coefficient (Wildman–Crippen LogP) is 2.34. The van der Waals surface area contributed by atoms with Gasteiger partial charge in [0.2, 0.25) is 11.9 Å². The lowest BCUT2D eigenvalue weighted by Gasteiger charge is -2.11. The van der Waals surface area contributed by atoms with Crippen LogP contribution in [0.3, 0.4) is 0 Å². The highest BCUT2D eigenvalue weighted by Crippen LogP contribution is 2.20. The van der Waals surface area contributed by atoms with Crippen molar-refractivity contribution in [3.63, 3.8) is 0 Å². The van der Waals surface area contributed by atoms with Gasteiger partial charge in [-0.05, 0) is 17.7 Å². The number of ether oxygens (including phenoxy) is 1. The summed E-state index contributed by atoms with van der Waals surface area (Å²) in [4.78, 5) is 22.3. The summed E-state index contributed by atoms with van der Waals surface area (Å²) in [5.74, 6) is -0.0538. The second-order valence-electron chi connectivity index (χ2n) is 6.54. The van der Waals surface area contributed by atoms with Gasteiger partial charge in [-0.3, -0.25) is 4.68 Å².